The molecule has 7 nitrogen and oxygen atoms in total. The van der Waals surface area contributed by atoms with Crippen LogP contribution in [0.4, 0.5) is 5.69 Å². The third-order valence-corrected chi connectivity index (χ3v) is 6.84. The summed E-state index contributed by atoms with van der Waals surface area (Å²) in [5.41, 5.74) is 1.92. The molecule has 0 radical (unpaired) electrons. The molecule has 0 amide bonds. The molecule has 0 atom stereocenters. The third-order valence-electron chi connectivity index (χ3n) is 5.71. The van der Waals surface area contributed by atoms with Crippen molar-refractivity contribution >= 4 is 15.5 Å². The summed E-state index contributed by atoms with van der Waals surface area (Å²) >= 11 is 0. The first-order chi connectivity index (χ1) is 15.0. The van der Waals surface area contributed by atoms with Crippen LogP contribution in [0.25, 0.3) is 11.4 Å². The van der Waals surface area contributed by atoms with Crippen LogP contribution in [0.15, 0.2) is 64.0 Å². The number of hydrogen-bond donors (Lipinski definition) is 1. The van der Waals surface area contributed by atoms with E-state index in [0.717, 1.165) is 56.7 Å². The molecule has 1 aliphatic heterocycles. The van der Waals surface area contributed by atoms with Crippen molar-refractivity contribution in [2.75, 3.05) is 37.8 Å². The van der Waals surface area contributed by atoms with Crippen LogP contribution in [0.2, 0.25) is 0 Å². The van der Waals surface area contributed by atoms with Crippen molar-refractivity contribution in [1.29, 1.82) is 0 Å². The van der Waals surface area contributed by atoms with Gasteiger partial charge in [-0.1, -0.05) is 23.4 Å². The van der Waals surface area contributed by atoms with Gasteiger partial charge in [-0.2, -0.15) is 4.98 Å². The number of anilines is 1. The molecule has 1 N–H and O–H groups in total. The Kier molecular flexibility index (Phi) is 6.67. The minimum atomic E-state index is -3.21. The van der Waals surface area contributed by atoms with E-state index in [0.29, 0.717) is 17.6 Å². The fourth-order valence-electron chi connectivity index (χ4n) is 3.88. The molecule has 0 unspecified atom stereocenters. The van der Waals surface area contributed by atoms with E-state index in [1.807, 2.05) is 18.2 Å². The van der Waals surface area contributed by atoms with Gasteiger partial charge in [0.05, 0.1) is 4.90 Å². The van der Waals surface area contributed by atoms with E-state index in [1.54, 1.807) is 24.3 Å². The predicted molar refractivity (Wildman–Crippen MR) is 121 cm³/mol. The van der Waals surface area contributed by atoms with Gasteiger partial charge >= 0.3 is 0 Å². The van der Waals surface area contributed by atoms with Crippen LogP contribution in [0.5, 0.6) is 0 Å². The number of benzene rings is 2. The summed E-state index contributed by atoms with van der Waals surface area (Å²) in [5, 5.41) is 7.54. The van der Waals surface area contributed by atoms with E-state index < -0.39 is 9.84 Å². The van der Waals surface area contributed by atoms with E-state index in [-0.39, 0.29) is 4.90 Å². The molecule has 0 bridgehead atoms. The molecule has 0 aliphatic carbocycles. The first-order valence-electron chi connectivity index (χ1n) is 10.6. The molecule has 2 heterocycles. The second-order valence-electron chi connectivity index (χ2n) is 8.09. The zero-order chi connectivity index (χ0) is 21.7. The van der Waals surface area contributed by atoms with Crippen LogP contribution in [-0.2, 0) is 16.3 Å². The molecule has 164 valence electrons. The summed E-state index contributed by atoms with van der Waals surface area (Å²) in [5.74, 6) is 1.69. The molecular weight excluding hydrogens is 412 g/mol. The van der Waals surface area contributed by atoms with Gasteiger partial charge in [0, 0.05) is 37.0 Å². The Morgan fingerprint density at radius 3 is 2.45 bits per heavy atom. The molecule has 0 saturated carbocycles. The third kappa shape index (κ3) is 5.92. The van der Waals surface area contributed by atoms with Crippen LogP contribution in [0.1, 0.15) is 18.7 Å². The highest BCUT2D eigenvalue weighted by Gasteiger charge is 2.22. The number of nitrogens with one attached hydrogen (secondary N) is 1. The van der Waals surface area contributed by atoms with E-state index in [9.17, 15) is 8.42 Å². The zero-order valence-corrected chi connectivity index (χ0v) is 18.5. The maximum Gasteiger partial charge on any atom is 0.227 e. The summed E-state index contributed by atoms with van der Waals surface area (Å²) in [7, 11) is -3.21. The second-order valence-corrected chi connectivity index (χ2v) is 10.1. The Balaban J connectivity index is 1.23. The van der Waals surface area contributed by atoms with Crippen LogP contribution in [0.3, 0.4) is 0 Å². The first-order valence-corrected chi connectivity index (χ1v) is 12.5. The monoisotopic (exact) mass is 440 g/mol. The smallest absolute Gasteiger partial charge is 0.227 e. The summed E-state index contributed by atoms with van der Waals surface area (Å²) in [4.78, 5) is 7.30. The molecule has 3 aromatic rings. The number of nitrogens with zero attached hydrogens (tertiary/aromatic N) is 3. The van der Waals surface area contributed by atoms with Crippen molar-refractivity contribution in [2.24, 2.45) is 5.92 Å². The van der Waals surface area contributed by atoms with Gasteiger partial charge in [-0.3, -0.25) is 0 Å². The van der Waals surface area contributed by atoms with Crippen molar-refractivity contribution in [2.45, 2.75) is 24.2 Å². The molecule has 1 aromatic heterocycles. The number of aromatic nitrogens is 2. The maximum atomic E-state index is 11.6. The Morgan fingerprint density at radius 2 is 1.77 bits per heavy atom. The lowest BCUT2D eigenvalue weighted by atomic mass is 9.93. The average molecular weight is 441 g/mol. The van der Waals surface area contributed by atoms with Crippen molar-refractivity contribution in [3.63, 3.8) is 0 Å². The van der Waals surface area contributed by atoms with Gasteiger partial charge in [0.1, 0.15) is 0 Å². The largest absolute Gasteiger partial charge is 0.384 e. The Morgan fingerprint density at radius 1 is 1.06 bits per heavy atom. The van der Waals surface area contributed by atoms with Gasteiger partial charge in [0.2, 0.25) is 11.7 Å². The molecular formula is C23H28N4O3S. The number of rotatable bonds is 8. The number of piperidine rings is 1. The quantitative estimate of drug-likeness (QED) is 0.573. The lowest BCUT2D eigenvalue weighted by Crippen LogP contribution is -2.37. The van der Waals surface area contributed by atoms with Crippen LogP contribution in [0, 0.1) is 5.92 Å². The predicted octanol–water partition coefficient (Wildman–Crippen LogP) is 3.51. The topological polar surface area (TPSA) is 88.3 Å². The summed E-state index contributed by atoms with van der Waals surface area (Å²) in [6.45, 7) is 4.14. The minimum Gasteiger partial charge on any atom is -0.384 e. The van der Waals surface area contributed by atoms with E-state index in [2.05, 4.69) is 32.5 Å². The van der Waals surface area contributed by atoms with Crippen molar-refractivity contribution in [1.82, 2.24) is 15.0 Å². The number of likely N-dealkylation sites (tertiary alicyclic amines) is 1. The molecule has 1 aliphatic rings. The summed E-state index contributed by atoms with van der Waals surface area (Å²) < 4.78 is 28.6. The highest BCUT2D eigenvalue weighted by molar-refractivity contribution is 7.90. The molecule has 0 spiro atoms. The number of sulfone groups is 1. The van der Waals surface area contributed by atoms with Gasteiger partial charge in [-0.25, -0.2) is 8.42 Å². The van der Waals surface area contributed by atoms with Gasteiger partial charge < -0.3 is 14.7 Å². The minimum absolute atomic E-state index is 0.283. The van der Waals surface area contributed by atoms with Crippen molar-refractivity contribution in [3.05, 3.63) is 60.5 Å². The van der Waals surface area contributed by atoms with Gasteiger partial charge in [-0.05, 0) is 68.2 Å². The molecule has 31 heavy (non-hydrogen) atoms. The lowest BCUT2D eigenvalue weighted by molar-refractivity contribution is 0.183. The Hall–Kier alpha value is -2.71. The van der Waals surface area contributed by atoms with E-state index >= 15 is 0 Å². The summed E-state index contributed by atoms with van der Waals surface area (Å²) in [6.07, 6.45) is 4.21. The number of para-hydroxylation sites is 1. The standard InChI is InChI=1S/C23H28N4O3S/c1-31(28,29)21-9-7-19(8-10-21)23-25-22(30-26-23)17-18-11-14-27(15-12-18)16-13-24-20-5-3-2-4-6-20/h2-10,18,24H,11-17H2,1H3. The average Bonchev–Trinajstić information content (AvgIpc) is 3.24. The first kappa shape index (κ1) is 21.5. The molecule has 8 heteroatoms. The fourth-order valence-corrected chi connectivity index (χ4v) is 4.51. The van der Waals surface area contributed by atoms with Crippen LogP contribution >= 0.6 is 0 Å². The fraction of sp³-hybridized carbons (Fsp3) is 0.391. The second kappa shape index (κ2) is 9.62. The zero-order valence-electron chi connectivity index (χ0n) is 17.7. The number of hydrogen-bond acceptors (Lipinski definition) is 7. The molecule has 1 fully saturated rings. The molecule has 4 rings (SSSR count). The van der Waals surface area contributed by atoms with Crippen molar-refractivity contribution in [3.8, 4) is 11.4 Å². The SMILES string of the molecule is CS(=O)(=O)c1ccc(-c2noc(CC3CCN(CCNc4ccccc4)CC3)n2)cc1. The maximum absolute atomic E-state index is 11.6. The highest BCUT2D eigenvalue weighted by atomic mass is 32.2. The van der Waals surface area contributed by atoms with Gasteiger partial charge in [-0.15, -0.1) is 0 Å². The molecule has 2 aromatic carbocycles. The highest BCUT2D eigenvalue weighted by Crippen LogP contribution is 2.23. The van der Waals surface area contributed by atoms with E-state index in [1.165, 1.54) is 6.26 Å². The van der Waals surface area contributed by atoms with Crippen LogP contribution in [-0.4, -0.2) is 55.9 Å². The van der Waals surface area contributed by atoms with Gasteiger partial charge in [0.25, 0.3) is 0 Å². The Bertz CT molecular complexity index is 1070. The summed E-state index contributed by atoms with van der Waals surface area (Å²) in [6, 6.07) is 16.9. The molecule has 1 saturated heterocycles. The lowest BCUT2D eigenvalue weighted by Gasteiger charge is -2.31. The van der Waals surface area contributed by atoms with E-state index in [4.69, 9.17) is 4.52 Å². The van der Waals surface area contributed by atoms with Crippen LogP contribution < -0.4 is 5.32 Å². The van der Waals surface area contributed by atoms with Crippen molar-refractivity contribution < 1.29 is 12.9 Å². The van der Waals surface area contributed by atoms with Gasteiger partial charge in [0.15, 0.2) is 9.84 Å². The normalized spacial score (nSPS) is 15.8. The Labute approximate surface area is 183 Å².